The lowest BCUT2D eigenvalue weighted by atomic mass is 10.2. The summed E-state index contributed by atoms with van der Waals surface area (Å²) in [5.41, 5.74) is 8.88. The van der Waals surface area contributed by atoms with Crippen LogP contribution in [0, 0.1) is 6.92 Å². The van der Waals surface area contributed by atoms with Crippen molar-refractivity contribution in [2.45, 2.75) is 6.92 Å². The molecule has 0 saturated heterocycles. The van der Waals surface area contributed by atoms with Gasteiger partial charge in [0.05, 0.1) is 0 Å². The molecule has 5 heteroatoms. The highest BCUT2D eigenvalue weighted by Crippen LogP contribution is 2.25. The van der Waals surface area contributed by atoms with Crippen molar-refractivity contribution < 1.29 is 9.21 Å². The first-order chi connectivity index (χ1) is 11.0. The minimum absolute atomic E-state index is 0.254. The summed E-state index contributed by atoms with van der Waals surface area (Å²) >= 11 is 3.39. The Morgan fingerprint density at radius 3 is 2.57 bits per heavy atom. The quantitative estimate of drug-likeness (QED) is 0.647. The average Bonchev–Trinajstić information content (AvgIpc) is 3.02. The third-order valence-corrected chi connectivity index (χ3v) is 4.00. The number of carbonyl (C=O) groups excluding carboxylic acids is 1. The topological polar surface area (TPSA) is 68.3 Å². The van der Waals surface area contributed by atoms with E-state index in [-0.39, 0.29) is 11.7 Å². The van der Waals surface area contributed by atoms with E-state index < -0.39 is 0 Å². The van der Waals surface area contributed by atoms with Crippen molar-refractivity contribution in [2.24, 2.45) is 0 Å². The molecule has 0 aliphatic rings. The third kappa shape index (κ3) is 3.46. The van der Waals surface area contributed by atoms with Crippen LogP contribution in [-0.4, -0.2) is 5.91 Å². The van der Waals surface area contributed by atoms with Gasteiger partial charge in [0.25, 0.3) is 5.91 Å². The van der Waals surface area contributed by atoms with Crippen LogP contribution in [-0.2, 0) is 0 Å². The maximum Gasteiger partial charge on any atom is 0.291 e. The Labute approximate surface area is 142 Å². The van der Waals surface area contributed by atoms with E-state index in [1.807, 2.05) is 37.3 Å². The maximum atomic E-state index is 12.3. The zero-order chi connectivity index (χ0) is 16.4. The normalized spacial score (nSPS) is 10.5. The largest absolute Gasteiger partial charge is 0.451 e. The van der Waals surface area contributed by atoms with E-state index in [1.165, 1.54) is 0 Å². The van der Waals surface area contributed by atoms with Crippen LogP contribution in [0.2, 0.25) is 0 Å². The number of nitrogens with one attached hydrogen (secondary N) is 1. The minimum Gasteiger partial charge on any atom is -0.451 e. The van der Waals surface area contributed by atoms with Gasteiger partial charge in [-0.15, -0.1) is 0 Å². The zero-order valence-corrected chi connectivity index (χ0v) is 14.1. The van der Waals surface area contributed by atoms with Crippen LogP contribution >= 0.6 is 15.9 Å². The van der Waals surface area contributed by atoms with Crippen LogP contribution in [0.4, 0.5) is 11.4 Å². The van der Waals surface area contributed by atoms with Gasteiger partial charge < -0.3 is 15.5 Å². The van der Waals surface area contributed by atoms with Crippen LogP contribution in [0.5, 0.6) is 0 Å². The molecule has 0 spiro atoms. The van der Waals surface area contributed by atoms with E-state index in [9.17, 15) is 4.79 Å². The summed E-state index contributed by atoms with van der Waals surface area (Å²) in [6.45, 7) is 1.91. The fraction of sp³-hybridized carbons (Fsp3) is 0.0556. The first-order valence-corrected chi connectivity index (χ1v) is 7.85. The molecule has 1 aromatic heterocycles. The smallest absolute Gasteiger partial charge is 0.291 e. The lowest BCUT2D eigenvalue weighted by Gasteiger charge is -2.07. The molecule has 0 atom stereocenters. The monoisotopic (exact) mass is 370 g/mol. The molecular formula is C18H15BrN2O2. The molecule has 3 aromatic rings. The van der Waals surface area contributed by atoms with Crippen LogP contribution in [0.1, 0.15) is 16.1 Å². The minimum atomic E-state index is -0.304. The summed E-state index contributed by atoms with van der Waals surface area (Å²) in [5.74, 6) is 0.596. The molecule has 0 fully saturated rings. The van der Waals surface area contributed by atoms with Crippen molar-refractivity contribution in [3.63, 3.8) is 0 Å². The Balaban J connectivity index is 1.81. The third-order valence-electron chi connectivity index (χ3n) is 3.47. The summed E-state index contributed by atoms with van der Waals surface area (Å²) in [6.07, 6.45) is 0. The van der Waals surface area contributed by atoms with Gasteiger partial charge in [0.1, 0.15) is 5.76 Å². The Hall–Kier alpha value is -2.53. The van der Waals surface area contributed by atoms with Gasteiger partial charge in [-0.3, -0.25) is 4.79 Å². The molecule has 0 radical (unpaired) electrons. The Morgan fingerprint density at radius 1 is 1.09 bits per heavy atom. The van der Waals surface area contributed by atoms with Gasteiger partial charge in [-0.25, -0.2) is 0 Å². The van der Waals surface area contributed by atoms with E-state index in [1.54, 1.807) is 24.3 Å². The number of amides is 1. The van der Waals surface area contributed by atoms with Gasteiger partial charge in [0, 0.05) is 21.4 Å². The van der Waals surface area contributed by atoms with Crippen LogP contribution in [0.15, 0.2) is 63.5 Å². The predicted molar refractivity (Wildman–Crippen MR) is 95.4 cm³/mol. The molecule has 116 valence electrons. The second kappa shape index (κ2) is 6.30. The number of carbonyl (C=O) groups is 1. The van der Waals surface area contributed by atoms with Crippen molar-refractivity contribution in [1.29, 1.82) is 0 Å². The van der Waals surface area contributed by atoms with Gasteiger partial charge in [-0.2, -0.15) is 0 Å². The second-order valence-electron chi connectivity index (χ2n) is 5.20. The lowest BCUT2D eigenvalue weighted by Crippen LogP contribution is -2.12. The van der Waals surface area contributed by atoms with E-state index in [2.05, 4.69) is 21.2 Å². The molecule has 4 nitrogen and oxygen atoms in total. The number of benzene rings is 2. The van der Waals surface area contributed by atoms with Crippen LogP contribution in [0.3, 0.4) is 0 Å². The van der Waals surface area contributed by atoms with Crippen molar-refractivity contribution >= 4 is 33.2 Å². The summed E-state index contributed by atoms with van der Waals surface area (Å²) in [5, 5.41) is 2.82. The van der Waals surface area contributed by atoms with Gasteiger partial charge in [-0.05, 0) is 48.9 Å². The van der Waals surface area contributed by atoms with Gasteiger partial charge >= 0.3 is 0 Å². The summed E-state index contributed by atoms with van der Waals surface area (Å²) in [4.78, 5) is 12.3. The highest BCUT2D eigenvalue weighted by molar-refractivity contribution is 9.10. The number of furan rings is 1. The number of nitrogens with two attached hydrogens (primary N) is 1. The number of aryl methyl sites for hydroxylation is 1. The first kappa shape index (κ1) is 15.4. The molecule has 0 saturated carbocycles. The lowest BCUT2D eigenvalue weighted by molar-refractivity contribution is 0.0997. The molecule has 0 aliphatic carbocycles. The molecule has 0 unspecified atom stereocenters. The van der Waals surface area contributed by atoms with E-state index in [0.717, 1.165) is 15.6 Å². The standard InChI is InChI=1S/C18H15BrN2O2/c1-11-2-7-14(20)10-15(11)21-18(22)17-9-8-16(23-17)12-3-5-13(19)6-4-12/h2-10H,20H2,1H3,(H,21,22). The molecular weight excluding hydrogens is 356 g/mol. The fourth-order valence-electron chi connectivity index (χ4n) is 2.19. The molecule has 23 heavy (non-hydrogen) atoms. The number of anilines is 2. The van der Waals surface area contributed by atoms with Crippen LogP contribution in [0.25, 0.3) is 11.3 Å². The van der Waals surface area contributed by atoms with Crippen LogP contribution < -0.4 is 11.1 Å². The number of nitrogen functional groups attached to an aromatic ring is 1. The van der Waals surface area contributed by atoms with E-state index >= 15 is 0 Å². The molecule has 0 aliphatic heterocycles. The number of rotatable bonds is 3. The second-order valence-corrected chi connectivity index (χ2v) is 6.11. The van der Waals surface area contributed by atoms with Crippen molar-refractivity contribution in [2.75, 3.05) is 11.1 Å². The summed E-state index contributed by atoms with van der Waals surface area (Å²) in [6, 6.07) is 16.5. The molecule has 3 N–H and O–H groups in total. The van der Waals surface area contributed by atoms with Gasteiger partial charge in [0.15, 0.2) is 5.76 Å². The molecule has 1 heterocycles. The van der Waals surface area contributed by atoms with Crippen molar-refractivity contribution in [1.82, 2.24) is 0 Å². The molecule has 3 rings (SSSR count). The number of halogens is 1. The van der Waals surface area contributed by atoms with Gasteiger partial charge in [-0.1, -0.05) is 34.1 Å². The zero-order valence-electron chi connectivity index (χ0n) is 12.5. The van der Waals surface area contributed by atoms with Crippen molar-refractivity contribution in [3.8, 4) is 11.3 Å². The number of hydrogen-bond donors (Lipinski definition) is 2. The fourth-order valence-corrected chi connectivity index (χ4v) is 2.45. The van der Waals surface area contributed by atoms with Gasteiger partial charge in [0.2, 0.25) is 0 Å². The Morgan fingerprint density at radius 2 is 1.83 bits per heavy atom. The predicted octanol–water partition coefficient (Wildman–Crippen LogP) is 4.85. The Kier molecular flexibility index (Phi) is 4.21. The maximum absolute atomic E-state index is 12.3. The number of hydrogen-bond acceptors (Lipinski definition) is 3. The molecule has 0 bridgehead atoms. The highest BCUT2D eigenvalue weighted by Gasteiger charge is 2.13. The highest BCUT2D eigenvalue weighted by atomic mass is 79.9. The van der Waals surface area contributed by atoms with E-state index in [0.29, 0.717) is 17.1 Å². The first-order valence-electron chi connectivity index (χ1n) is 7.06. The Bertz CT molecular complexity index is 854. The SMILES string of the molecule is Cc1ccc(N)cc1NC(=O)c1ccc(-c2ccc(Br)cc2)o1. The van der Waals surface area contributed by atoms with Crippen molar-refractivity contribution in [3.05, 3.63) is 70.4 Å². The summed E-state index contributed by atoms with van der Waals surface area (Å²) < 4.78 is 6.64. The average molecular weight is 371 g/mol. The summed E-state index contributed by atoms with van der Waals surface area (Å²) in [7, 11) is 0. The van der Waals surface area contributed by atoms with E-state index in [4.69, 9.17) is 10.2 Å². The molecule has 2 aromatic carbocycles. The molecule has 1 amide bonds.